The molecule has 1 atom stereocenters. The Morgan fingerprint density at radius 1 is 0.800 bits per heavy atom. The third kappa shape index (κ3) is 6.25. The number of piperazine rings is 1. The normalized spacial score (nSPS) is 21.8. The van der Waals surface area contributed by atoms with Gasteiger partial charge in [-0.25, -0.2) is 0 Å². The summed E-state index contributed by atoms with van der Waals surface area (Å²) in [5, 5.41) is 10.2. The molecular weight excluding hydrogens is 312 g/mol. The largest absolute Gasteiger partial charge is 0.385 e. The molecule has 0 unspecified atom stereocenters. The van der Waals surface area contributed by atoms with E-state index in [0.29, 0.717) is 13.2 Å². The fourth-order valence-corrected chi connectivity index (χ4v) is 3.50. The van der Waals surface area contributed by atoms with Gasteiger partial charge in [-0.3, -0.25) is 0 Å². The van der Waals surface area contributed by atoms with Crippen LogP contribution in [-0.2, 0) is 17.9 Å². The van der Waals surface area contributed by atoms with Gasteiger partial charge in [0.1, 0.15) is 45.4 Å². The van der Waals surface area contributed by atoms with Gasteiger partial charge in [0, 0.05) is 5.56 Å². The zero-order valence-corrected chi connectivity index (χ0v) is 14.9. The lowest BCUT2D eigenvalue weighted by Gasteiger charge is -2.30. The quantitative estimate of drug-likeness (QED) is 0.608. The van der Waals surface area contributed by atoms with E-state index >= 15 is 0 Å². The first-order valence-corrected chi connectivity index (χ1v) is 9.30. The van der Waals surface area contributed by atoms with Gasteiger partial charge in [0.25, 0.3) is 0 Å². The van der Waals surface area contributed by atoms with Crippen LogP contribution in [0.3, 0.4) is 0 Å². The van der Waals surface area contributed by atoms with Crippen LogP contribution in [0.1, 0.15) is 11.1 Å². The van der Waals surface area contributed by atoms with Crippen molar-refractivity contribution >= 4 is 0 Å². The van der Waals surface area contributed by atoms with Gasteiger partial charge < -0.3 is 19.6 Å². The van der Waals surface area contributed by atoms with Crippen LogP contribution in [0.2, 0.25) is 0 Å². The predicted octanol–water partition coefficient (Wildman–Crippen LogP) is -0.452. The Labute approximate surface area is 150 Å². The van der Waals surface area contributed by atoms with E-state index in [1.807, 2.05) is 30.3 Å². The second kappa shape index (κ2) is 9.68. The molecule has 1 fully saturated rings. The van der Waals surface area contributed by atoms with Crippen molar-refractivity contribution in [2.75, 3.05) is 39.3 Å². The number of aliphatic hydroxyl groups is 1. The average molecular weight is 342 g/mol. The molecule has 0 bridgehead atoms. The predicted molar refractivity (Wildman–Crippen MR) is 98.5 cm³/mol. The Kier molecular flexibility index (Phi) is 7.00. The summed E-state index contributed by atoms with van der Waals surface area (Å²) in [7, 11) is 0. The maximum Gasteiger partial charge on any atom is 0.127 e. The maximum absolute atomic E-state index is 10.2. The molecule has 1 aliphatic heterocycles. The van der Waals surface area contributed by atoms with Gasteiger partial charge >= 0.3 is 0 Å². The van der Waals surface area contributed by atoms with Gasteiger partial charge in [-0.2, -0.15) is 0 Å². The van der Waals surface area contributed by atoms with Gasteiger partial charge in [-0.1, -0.05) is 60.7 Å². The Morgan fingerprint density at radius 3 is 2.00 bits per heavy atom. The topological polar surface area (TPSA) is 38.3 Å². The lowest BCUT2D eigenvalue weighted by Crippen LogP contribution is -3.28. The van der Waals surface area contributed by atoms with Crippen LogP contribution in [0.5, 0.6) is 0 Å². The first-order chi connectivity index (χ1) is 12.3. The second-order valence-electron chi connectivity index (χ2n) is 7.02. The van der Waals surface area contributed by atoms with Crippen molar-refractivity contribution in [3.05, 3.63) is 71.8 Å². The van der Waals surface area contributed by atoms with Crippen molar-refractivity contribution in [1.29, 1.82) is 0 Å². The number of rotatable bonds is 8. The summed E-state index contributed by atoms with van der Waals surface area (Å²) in [6.07, 6.45) is -0.380. The maximum atomic E-state index is 10.2. The summed E-state index contributed by atoms with van der Waals surface area (Å²) < 4.78 is 5.65. The van der Waals surface area contributed by atoms with Crippen molar-refractivity contribution in [2.24, 2.45) is 0 Å². The van der Waals surface area contributed by atoms with Crippen molar-refractivity contribution in [3.8, 4) is 0 Å². The van der Waals surface area contributed by atoms with Crippen molar-refractivity contribution < 1.29 is 19.6 Å². The molecule has 4 heteroatoms. The first-order valence-electron chi connectivity index (χ1n) is 9.30. The Balaban J connectivity index is 1.31. The number of quaternary nitrogens is 2. The minimum absolute atomic E-state index is 0.380. The molecule has 3 N–H and O–H groups in total. The fraction of sp³-hybridized carbons (Fsp3) is 0.429. The number of aliphatic hydroxyl groups excluding tert-OH is 1. The van der Waals surface area contributed by atoms with Crippen molar-refractivity contribution in [3.63, 3.8) is 0 Å². The molecule has 0 spiro atoms. The molecule has 3 rings (SSSR count). The molecule has 134 valence electrons. The third-order valence-electron chi connectivity index (χ3n) is 4.91. The molecule has 1 saturated heterocycles. The van der Waals surface area contributed by atoms with Gasteiger partial charge in [-0.05, 0) is 5.56 Å². The fourth-order valence-electron chi connectivity index (χ4n) is 3.50. The van der Waals surface area contributed by atoms with Crippen LogP contribution < -0.4 is 9.80 Å². The van der Waals surface area contributed by atoms with E-state index in [9.17, 15) is 5.11 Å². The van der Waals surface area contributed by atoms with Crippen LogP contribution in [-0.4, -0.2) is 50.5 Å². The van der Waals surface area contributed by atoms with Crippen molar-refractivity contribution in [1.82, 2.24) is 0 Å². The number of hydrogen-bond donors (Lipinski definition) is 3. The summed E-state index contributed by atoms with van der Waals surface area (Å²) >= 11 is 0. The molecule has 1 aliphatic rings. The van der Waals surface area contributed by atoms with Gasteiger partial charge in [-0.15, -0.1) is 0 Å². The molecule has 0 aromatic heterocycles. The van der Waals surface area contributed by atoms with Crippen LogP contribution in [0.25, 0.3) is 0 Å². The average Bonchev–Trinajstić information content (AvgIpc) is 2.65. The molecule has 0 amide bonds. The van der Waals surface area contributed by atoms with E-state index in [1.54, 1.807) is 4.90 Å². The van der Waals surface area contributed by atoms with E-state index in [4.69, 9.17) is 4.74 Å². The smallest absolute Gasteiger partial charge is 0.127 e. The second-order valence-corrected chi connectivity index (χ2v) is 7.02. The van der Waals surface area contributed by atoms with E-state index in [-0.39, 0.29) is 6.10 Å². The molecule has 0 radical (unpaired) electrons. The molecule has 0 saturated carbocycles. The molecule has 2 aromatic carbocycles. The lowest BCUT2D eigenvalue weighted by atomic mass is 10.2. The minimum Gasteiger partial charge on any atom is -0.385 e. The molecule has 2 aromatic rings. The zero-order valence-electron chi connectivity index (χ0n) is 14.9. The SMILES string of the molecule is O[C@@H](COCc1ccccc1)C[NH+]1CC[NH+](Cc2ccccc2)CC1. The highest BCUT2D eigenvalue weighted by atomic mass is 16.5. The number of nitrogens with one attached hydrogen (secondary N) is 2. The van der Waals surface area contributed by atoms with E-state index in [1.165, 1.54) is 23.6 Å². The number of ether oxygens (including phenoxy) is 1. The van der Waals surface area contributed by atoms with Gasteiger partial charge in [0.15, 0.2) is 0 Å². The summed E-state index contributed by atoms with van der Waals surface area (Å²) in [5.41, 5.74) is 2.57. The van der Waals surface area contributed by atoms with E-state index in [0.717, 1.165) is 31.7 Å². The molecule has 1 heterocycles. The summed E-state index contributed by atoms with van der Waals surface area (Å²) in [4.78, 5) is 3.14. The standard InChI is InChI=1S/C21H28N2O2/c24-21(18-25-17-20-9-5-2-6-10-20)16-23-13-11-22(12-14-23)15-19-7-3-1-4-8-19/h1-10,21,24H,11-18H2/p+2/t21-/m1/s1. The van der Waals surface area contributed by atoms with E-state index in [2.05, 4.69) is 30.3 Å². The van der Waals surface area contributed by atoms with Crippen LogP contribution in [0.4, 0.5) is 0 Å². The highest BCUT2D eigenvalue weighted by molar-refractivity contribution is 5.13. The number of benzene rings is 2. The Hall–Kier alpha value is -1.72. The van der Waals surface area contributed by atoms with Crippen LogP contribution in [0.15, 0.2) is 60.7 Å². The third-order valence-corrected chi connectivity index (χ3v) is 4.91. The highest BCUT2D eigenvalue weighted by Gasteiger charge is 2.24. The molecular formula is C21H30N2O2+2. The number of hydrogen-bond acceptors (Lipinski definition) is 2. The Morgan fingerprint density at radius 2 is 1.36 bits per heavy atom. The lowest BCUT2D eigenvalue weighted by molar-refractivity contribution is -1.02. The summed E-state index contributed by atoms with van der Waals surface area (Å²) in [6, 6.07) is 20.8. The zero-order chi connectivity index (χ0) is 17.3. The summed E-state index contributed by atoms with van der Waals surface area (Å²) in [6.45, 7) is 7.46. The van der Waals surface area contributed by atoms with E-state index < -0.39 is 0 Å². The van der Waals surface area contributed by atoms with Gasteiger partial charge in [0.05, 0.1) is 13.2 Å². The Bertz CT molecular complexity index is 598. The summed E-state index contributed by atoms with van der Waals surface area (Å²) in [5.74, 6) is 0. The highest BCUT2D eigenvalue weighted by Crippen LogP contribution is 2.00. The van der Waals surface area contributed by atoms with Crippen LogP contribution >= 0.6 is 0 Å². The van der Waals surface area contributed by atoms with Crippen LogP contribution in [0, 0.1) is 0 Å². The first kappa shape index (κ1) is 18.1. The molecule has 25 heavy (non-hydrogen) atoms. The van der Waals surface area contributed by atoms with Crippen molar-refractivity contribution in [2.45, 2.75) is 19.3 Å². The molecule has 4 nitrogen and oxygen atoms in total. The monoisotopic (exact) mass is 342 g/mol. The molecule has 0 aliphatic carbocycles. The van der Waals surface area contributed by atoms with Gasteiger partial charge in [0.2, 0.25) is 0 Å². The minimum atomic E-state index is -0.380.